The van der Waals surface area contributed by atoms with E-state index in [0.717, 1.165) is 50.4 Å². The molecule has 4 aliphatic heterocycles. The number of imide groups is 1. The lowest BCUT2D eigenvalue weighted by molar-refractivity contribution is -0.136. The van der Waals surface area contributed by atoms with Crippen molar-refractivity contribution in [2.45, 2.75) is 51.2 Å². The minimum Gasteiger partial charge on any atom is -0.370 e. The van der Waals surface area contributed by atoms with Crippen molar-refractivity contribution in [2.75, 3.05) is 31.1 Å². The van der Waals surface area contributed by atoms with Crippen LogP contribution in [0.2, 0.25) is 0 Å². The molecule has 4 aliphatic rings. The van der Waals surface area contributed by atoms with E-state index in [4.69, 9.17) is 0 Å². The predicted octanol–water partition coefficient (Wildman–Crippen LogP) is 4.14. The van der Waals surface area contributed by atoms with Crippen molar-refractivity contribution in [1.82, 2.24) is 15.1 Å². The second-order valence-corrected chi connectivity index (χ2v) is 12.4. The van der Waals surface area contributed by atoms with E-state index in [1.165, 1.54) is 29.5 Å². The number of carbonyl (C=O) groups excluding carboxylic acids is 3. The fraction of sp³-hybridized carbons (Fsp3) is 0.382. The van der Waals surface area contributed by atoms with E-state index in [1.807, 2.05) is 12.1 Å². The molecule has 1 unspecified atom stereocenters. The molecule has 7 heteroatoms. The average molecular weight is 549 g/mol. The predicted molar refractivity (Wildman–Crippen MR) is 157 cm³/mol. The largest absolute Gasteiger partial charge is 0.370 e. The summed E-state index contributed by atoms with van der Waals surface area (Å²) in [6.07, 6.45) is 4.06. The Balaban J connectivity index is 0.911. The highest BCUT2D eigenvalue weighted by Crippen LogP contribution is 2.43. The van der Waals surface area contributed by atoms with Crippen LogP contribution in [0, 0.1) is 5.41 Å². The number of benzene rings is 3. The highest BCUT2D eigenvalue weighted by Gasteiger charge is 2.45. The van der Waals surface area contributed by atoms with Crippen LogP contribution in [0.15, 0.2) is 72.8 Å². The first kappa shape index (κ1) is 26.0. The molecule has 41 heavy (non-hydrogen) atoms. The maximum Gasteiger partial charge on any atom is 0.255 e. The van der Waals surface area contributed by atoms with Crippen molar-refractivity contribution < 1.29 is 14.4 Å². The number of nitrogens with one attached hydrogen (secondary N) is 1. The van der Waals surface area contributed by atoms with Gasteiger partial charge in [0.1, 0.15) is 6.04 Å². The third kappa shape index (κ3) is 5.15. The number of hydrogen-bond donors (Lipinski definition) is 1. The summed E-state index contributed by atoms with van der Waals surface area (Å²) in [5, 5.41) is 2.38. The molecule has 3 aromatic rings. The number of piperidine rings is 2. The van der Waals surface area contributed by atoms with Crippen LogP contribution in [0.3, 0.4) is 0 Å². The first-order chi connectivity index (χ1) is 19.9. The molecular formula is C34H36N4O3. The van der Waals surface area contributed by atoms with E-state index in [9.17, 15) is 14.4 Å². The van der Waals surface area contributed by atoms with Gasteiger partial charge in [0.25, 0.3) is 5.91 Å². The minimum atomic E-state index is -0.569. The molecule has 4 heterocycles. The van der Waals surface area contributed by atoms with Gasteiger partial charge >= 0.3 is 0 Å². The fourth-order valence-corrected chi connectivity index (χ4v) is 7.06. The Morgan fingerprint density at radius 2 is 1.54 bits per heavy atom. The molecule has 1 spiro atoms. The first-order valence-corrected chi connectivity index (χ1v) is 14.8. The SMILES string of the molecule is O=C1CCC(N2Cc3cc(N4CC5(CCN(Cc6ccc(Cc7ccccc7)cc6)CC5)C4)ccc3C2=O)C(=O)N1. The molecule has 1 atom stereocenters. The number of amides is 3. The highest BCUT2D eigenvalue weighted by atomic mass is 16.2. The molecule has 0 saturated carbocycles. The fourth-order valence-electron chi connectivity index (χ4n) is 7.06. The maximum atomic E-state index is 13.0. The summed E-state index contributed by atoms with van der Waals surface area (Å²) in [5.74, 6) is -0.735. The van der Waals surface area contributed by atoms with Crippen molar-refractivity contribution in [1.29, 1.82) is 0 Å². The van der Waals surface area contributed by atoms with Gasteiger partial charge in [0, 0.05) is 49.3 Å². The summed E-state index contributed by atoms with van der Waals surface area (Å²) in [7, 11) is 0. The van der Waals surface area contributed by atoms with Gasteiger partial charge in [-0.3, -0.25) is 24.6 Å². The molecule has 3 saturated heterocycles. The van der Waals surface area contributed by atoms with E-state index in [2.05, 4.69) is 75.8 Å². The van der Waals surface area contributed by atoms with Crippen molar-refractivity contribution >= 4 is 23.4 Å². The summed E-state index contributed by atoms with van der Waals surface area (Å²) in [5.41, 5.74) is 7.27. The number of fused-ring (bicyclic) bond motifs is 1. The average Bonchev–Trinajstić information content (AvgIpc) is 3.29. The molecular weight excluding hydrogens is 512 g/mol. The van der Waals surface area contributed by atoms with E-state index < -0.39 is 6.04 Å². The number of nitrogens with zero attached hydrogens (tertiary/aromatic N) is 3. The van der Waals surface area contributed by atoms with E-state index in [1.54, 1.807) is 4.90 Å². The lowest BCUT2D eigenvalue weighted by Gasteiger charge is -2.55. The Labute approximate surface area is 241 Å². The number of likely N-dealkylation sites (tertiary alicyclic amines) is 1. The van der Waals surface area contributed by atoms with Crippen LogP contribution in [0.25, 0.3) is 0 Å². The van der Waals surface area contributed by atoms with Crippen molar-refractivity contribution in [2.24, 2.45) is 5.41 Å². The molecule has 3 aromatic carbocycles. The second kappa shape index (κ2) is 10.5. The van der Waals surface area contributed by atoms with Crippen LogP contribution >= 0.6 is 0 Å². The Morgan fingerprint density at radius 3 is 2.27 bits per heavy atom. The molecule has 7 rings (SSSR count). The molecule has 0 bridgehead atoms. The molecule has 3 amide bonds. The van der Waals surface area contributed by atoms with Gasteiger partial charge in [-0.05, 0) is 79.2 Å². The molecule has 3 fully saturated rings. The minimum absolute atomic E-state index is 0.112. The Hall–Kier alpha value is -3.97. The lowest BCUT2D eigenvalue weighted by atomic mass is 9.71. The summed E-state index contributed by atoms with van der Waals surface area (Å²) in [6, 6.07) is 25.3. The zero-order valence-electron chi connectivity index (χ0n) is 23.4. The second-order valence-electron chi connectivity index (χ2n) is 12.4. The van der Waals surface area contributed by atoms with Gasteiger partial charge in [-0.2, -0.15) is 0 Å². The number of anilines is 1. The molecule has 0 aromatic heterocycles. The van der Waals surface area contributed by atoms with Gasteiger partial charge in [-0.25, -0.2) is 0 Å². The van der Waals surface area contributed by atoms with Crippen molar-refractivity contribution in [3.63, 3.8) is 0 Å². The quantitative estimate of drug-likeness (QED) is 0.469. The zero-order chi connectivity index (χ0) is 28.0. The summed E-state index contributed by atoms with van der Waals surface area (Å²) < 4.78 is 0. The Bertz CT molecular complexity index is 1470. The molecule has 7 nitrogen and oxygen atoms in total. The Morgan fingerprint density at radius 1 is 0.829 bits per heavy atom. The van der Waals surface area contributed by atoms with Crippen LogP contribution in [0.4, 0.5) is 5.69 Å². The van der Waals surface area contributed by atoms with Gasteiger partial charge in [-0.1, -0.05) is 54.6 Å². The third-order valence-electron chi connectivity index (χ3n) is 9.52. The third-order valence-corrected chi connectivity index (χ3v) is 9.52. The van der Waals surface area contributed by atoms with Gasteiger partial charge in [0.15, 0.2) is 0 Å². The number of rotatable bonds is 6. The molecule has 0 radical (unpaired) electrons. The molecule has 1 N–H and O–H groups in total. The van der Waals surface area contributed by atoms with Gasteiger partial charge in [0.05, 0.1) is 0 Å². The standard InChI is InChI=1S/C34H36N4O3/c39-31-13-12-30(32(40)35-31)38-21-27-19-28(10-11-29(27)33(38)41)37-22-34(23-37)14-16-36(17-15-34)20-26-8-6-25(7-9-26)18-24-4-2-1-3-5-24/h1-11,19,30H,12-18,20-23H2,(H,35,39,40). The maximum absolute atomic E-state index is 13.0. The monoisotopic (exact) mass is 548 g/mol. The number of carbonyl (C=O) groups is 3. The molecule has 210 valence electrons. The summed E-state index contributed by atoms with van der Waals surface area (Å²) >= 11 is 0. The van der Waals surface area contributed by atoms with Gasteiger partial charge in [-0.15, -0.1) is 0 Å². The van der Waals surface area contributed by atoms with Crippen LogP contribution in [0.1, 0.15) is 58.3 Å². The molecule has 0 aliphatic carbocycles. The van der Waals surface area contributed by atoms with Crippen LogP contribution < -0.4 is 10.2 Å². The van der Waals surface area contributed by atoms with E-state index >= 15 is 0 Å². The normalized spacial score (nSPS) is 22.0. The van der Waals surface area contributed by atoms with Crippen LogP contribution in [0.5, 0.6) is 0 Å². The van der Waals surface area contributed by atoms with E-state index in [0.29, 0.717) is 23.9 Å². The topological polar surface area (TPSA) is 73.0 Å². The van der Waals surface area contributed by atoms with Gasteiger partial charge in [0.2, 0.25) is 11.8 Å². The smallest absolute Gasteiger partial charge is 0.255 e. The summed E-state index contributed by atoms with van der Waals surface area (Å²) in [6.45, 7) is 5.79. The van der Waals surface area contributed by atoms with Crippen molar-refractivity contribution in [3.8, 4) is 0 Å². The number of hydrogen-bond acceptors (Lipinski definition) is 5. The lowest BCUT2D eigenvalue weighted by Crippen LogP contribution is -2.60. The zero-order valence-corrected chi connectivity index (χ0v) is 23.4. The Kier molecular flexibility index (Phi) is 6.62. The summed E-state index contributed by atoms with van der Waals surface area (Å²) in [4.78, 5) is 43.6. The van der Waals surface area contributed by atoms with E-state index in [-0.39, 0.29) is 24.1 Å². The van der Waals surface area contributed by atoms with Crippen LogP contribution in [-0.4, -0.2) is 59.7 Å². The first-order valence-electron chi connectivity index (χ1n) is 14.8. The van der Waals surface area contributed by atoms with Crippen molar-refractivity contribution in [3.05, 3.63) is 101 Å². The van der Waals surface area contributed by atoms with Crippen LogP contribution in [-0.2, 0) is 29.1 Å². The highest BCUT2D eigenvalue weighted by molar-refractivity contribution is 6.05. The van der Waals surface area contributed by atoms with Gasteiger partial charge < -0.3 is 9.80 Å².